The van der Waals surface area contributed by atoms with Crippen LogP contribution in [0.15, 0.2) is 59.4 Å². The molecule has 1 heterocycles. The predicted octanol–water partition coefficient (Wildman–Crippen LogP) is 2.41. The number of hydrogen-bond acceptors (Lipinski definition) is 5. The molecule has 0 saturated carbocycles. The number of rotatable bonds is 8. The number of nitrogens with one attached hydrogen (secondary N) is 1. The Balaban J connectivity index is 1.91. The van der Waals surface area contributed by atoms with Crippen LogP contribution in [0.4, 0.5) is 4.39 Å². The van der Waals surface area contributed by atoms with Gasteiger partial charge in [0, 0.05) is 26.1 Å². The summed E-state index contributed by atoms with van der Waals surface area (Å²) < 4.78 is 13.3. The van der Waals surface area contributed by atoms with Gasteiger partial charge in [-0.1, -0.05) is 42.5 Å². The summed E-state index contributed by atoms with van der Waals surface area (Å²) in [4.78, 5) is 35.7. The lowest BCUT2D eigenvalue weighted by atomic mass is 10.1. The summed E-state index contributed by atoms with van der Waals surface area (Å²) >= 11 is 0. The van der Waals surface area contributed by atoms with Crippen LogP contribution in [0.3, 0.4) is 0 Å². The minimum absolute atomic E-state index is 0.189. The molecule has 0 saturated heterocycles. The average molecular weight is 424 g/mol. The van der Waals surface area contributed by atoms with E-state index >= 15 is 0 Å². The second-order valence-electron chi connectivity index (χ2n) is 7.53. The van der Waals surface area contributed by atoms with E-state index in [4.69, 9.17) is 0 Å². The van der Waals surface area contributed by atoms with Crippen molar-refractivity contribution in [3.05, 3.63) is 93.4 Å². The van der Waals surface area contributed by atoms with Gasteiger partial charge in [-0.2, -0.15) is 0 Å². The highest BCUT2D eigenvalue weighted by atomic mass is 19.1. The van der Waals surface area contributed by atoms with Gasteiger partial charge in [0.05, 0.1) is 0 Å². The molecule has 0 aliphatic heterocycles. The number of hydrogen-bond donors (Lipinski definition) is 2. The Morgan fingerprint density at radius 3 is 2.35 bits per heavy atom. The Hall–Kier alpha value is -3.52. The Morgan fingerprint density at radius 2 is 1.71 bits per heavy atom. The van der Waals surface area contributed by atoms with Crippen molar-refractivity contribution in [3.63, 3.8) is 0 Å². The molecular formula is C23H25FN4O3. The molecule has 3 aromatic rings. The van der Waals surface area contributed by atoms with Crippen molar-refractivity contribution >= 4 is 5.91 Å². The fourth-order valence-corrected chi connectivity index (χ4v) is 3.07. The Labute approximate surface area is 179 Å². The van der Waals surface area contributed by atoms with E-state index in [1.807, 2.05) is 49.3 Å². The molecule has 0 aliphatic carbocycles. The summed E-state index contributed by atoms with van der Waals surface area (Å²) in [5.41, 5.74) is 0.571. The molecule has 0 radical (unpaired) electrons. The van der Waals surface area contributed by atoms with Crippen LogP contribution >= 0.6 is 0 Å². The smallest absolute Gasteiger partial charge is 0.293 e. The van der Waals surface area contributed by atoms with Gasteiger partial charge in [0.25, 0.3) is 11.5 Å². The van der Waals surface area contributed by atoms with E-state index in [1.54, 1.807) is 12.1 Å². The topological polar surface area (TPSA) is 89.5 Å². The van der Waals surface area contributed by atoms with E-state index in [2.05, 4.69) is 9.97 Å². The van der Waals surface area contributed by atoms with Gasteiger partial charge in [-0.25, -0.2) is 9.37 Å². The van der Waals surface area contributed by atoms with E-state index in [0.717, 1.165) is 11.1 Å². The third-order valence-electron chi connectivity index (χ3n) is 4.75. The maximum atomic E-state index is 13.3. The molecular weight excluding hydrogens is 399 g/mol. The molecule has 162 valence electrons. The second-order valence-corrected chi connectivity index (χ2v) is 7.53. The van der Waals surface area contributed by atoms with E-state index < -0.39 is 17.2 Å². The number of aromatic amines is 1. The maximum Gasteiger partial charge on any atom is 0.293 e. The van der Waals surface area contributed by atoms with Crippen LogP contribution in [0, 0.1) is 5.82 Å². The number of likely N-dealkylation sites (N-methyl/N-ethyl adjacent to an activating group) is 1. The maximum absolute atomic E-state index is 13.3. The minimum atomic E-state index is -0.765. The standard InChI is InChI=1S/C23H25FN4O3/c1-27(2)12-13-28(15-17-8-10-18(24)11-9-17)23(31)20-21(29)22(30)26-19(25-20)14-16-6-4-3-5-7-16/h3-11,29H,12-15H2,1-2H3,(H,25,26,30). The zero-order valence-corrected chi connectivity index (χ0v) is 17.5. The van der Waals surface area contributed by atoms with Crippen molar-refractivity contribution in [1.29, 1.82) is 0 Å². The lowest BCUT2D eigenvalue weighted by molar-refractivity contribution is 0.0721. The predicted molar refractivity (Wildman–Crippen MR) is 115 cm³/mol. The number of carbonyl (C=O) groups is 1. The number of halogens is 1. The quantitative estimate of drug-likeness (QED) is 0.580. The van der Waals surface area contributed by atoms with Gasteiger partial charge < -0.3 is 19.9 Å². The first-order valence-electron chi connectivity index (χ1n) is 9.88. The minimum Gasteiger partial charge on any atom is -0.501 e. The van der Waals surface area contributed by atoms with E-state index in [9.17, 15) is 19.1 Å². The normalized spacial score (nSPS) is 11.0. The van der Waals surface area contributed by atoms with Gasteiger partial charge in [0.15, 0.2) is 5.69 Å². The second kappa shape index (κ2) is 9.99. The summed E-state index contributed by atoms with van der Waals surface area (Å²) in [6.07, 6.45) is 0.312. The number of aromatic nitrogens is 2. The molecule has 31 heavy (non-hydrogen) atoms. The number of carbonyl (C=O) groups excluding carboxylic acids is 1. The highest BCUT2D eigenvalue weighted by Gasteiger charge is 2.24. The molecule has 3 rings (SSSR count). The first-order chi connectivity index (χ1) is 14.8. The Kier molecular flexibility index (Phi) is 7.15. The van der Waals surface area contributed by atoms with Gasteiger partial charge in [0.2, 0.25) is 5.75 Å². The SMILES string of the molecule is CN(C)CCN(Cc1ccc(F)cc1)C(=O)c1nc(Cc2ccccc2)[nH]c(=O)c1O. The lowest BCUT2D eigenvalue weighted by Gasteiger charge is -2.24. The summed E-state index contributed by atoms with van der Waals surface area (Å²) in [6.45, 7) is 1.09. The number of amides is 1. The molecule has 0 unspecified atom stereocenters. The fraction of sp³-hybridized carbons (Fsp3) is 0.261. The van der Waals surface area contributed by atoms with Gasteiger partial charge in [-0.05, 0) is 37.4 Å². The first kappa shape index (κ1) is 22.2. The molecule has 0 bridgehead atoms. The molecule has 0 spiro atoms. The van der Waals surface area contributed by atoms with Crippen molar-refractivity contribution in [2.24, 2.45) is 0 Å². The summed E-state index contributed by atoms with van der Waals surface area (Å²) in [5, 5.41) is 10.3. The largest absolute Gasteiger partial charge is 0.501 e. The average Bonchev–Trinajstić information content (AvgIpc) is 2.75. The molecule has 0 fully saturated rings. The van der Waals surface area contributed by atoms with E-state index in [1.165, 1.54) is 17.0 Å². The fourth-order valence-electron chi connectivity index (χ4n) is 3.07. The van der Waals surface area contributed by atoms with Crippen molar-refractivity contribution in [2.45, 2.75) is 13.0 Å². The van der Waals surface area contributed by atoms with Gasteiger partial charge in [-0.3, -0.25) is 9.59 Å². The highest BCUT2D eigenvalue weighted by molar-refractivity contribution is 5.94. The van der Waals surface area contributed by atoms with E-state index in [0.29, 0.717) is 19.5 Å². The zero-order valence-electron chi connectivity index (χ0n) is 17.5. The van der Waals surface area contributed by atoms with Gasteiger partial charge in [0.1, 0.15) is 11.6 Å². The Morgan fingerprint density at radius 1 is 1.03 bits per heavy atom. The van der Waals surface area contributed by atoms with Crippen LogP contribution in [0.5, 0.6) is 5.75 Å². The first-order valence-corrected chi connectivity index (χ1v) is 9.88. The highest BCUT2D eigenvalue weighted by Crippen LogP contribution is 2.16. The van der Waals surface area contributed by atoms with Crippen LogP contribution in [0.1, 0.15) is 27.4 Å². The zero-order chi connectivity index (χ0) is 22.4. The van der Waals surface area contributed by atoms with Gasteiger partial charge >= 0.3 is 0 Å². The molecule has 2 N–H and O–H groups in total. The van der Waals surface area contributed by atoms with Crippen molar-refractivity contribution in [2.75, 3.05) is 27.2 Å². The monoisotopic (exact) mass is 424 g/mol. The van der Waals surface area contributed by atoms with Crippen LogP contribution < -0.4 is 5.56 Å². The van der Waals surface area contributed by atoms with Gasteiger partial charge in [-0.15, -0.1) is 0 Å². The molecule has 7 nitrogen and oxygen atoms in total. The van der Waals surface area contributed by atoms with Crippen molar-refractivity contribution in [1.82, 2.24) is 19.8 Å². The Bertz CT molecular complexity index is 1080. The summed E-state index contributed by atoms with van der Waals surface area (Å²) in [6, 6.07) is 15.2. The van der Waals surface area contributed by atoms with Crippen molar-refractivity contribution < 1.29 is 14.3 Å². The third kappa shape index (κ3) is 5.99. The van der Waals surface area contributed by atoms with E-state index in [-0.39, 0.29) is 23.9 Å². The van der Waals surface area contributed by atoms with Crippen LogP contribution in [-0.2, 0) is 13.0 Å². The molecule has 1 amide bonds. The molecule has 2 aromatic carbocycles. The van der Waals surface area contributed by atoms with Crippen LogP contribution in [-0.4, -0.2) is 58.0 Å². The van der Waals surface area contributed by atoms with Crippen LogP contribution in [0.2, 0.25) is 0 Å². The molecule has 0 atom stereocenters. The number of aromatic hydroxyl groups is 1. The number of benzene rings is 2. The molecule has 0 aliphatic rings. The molecule has 8 heteroatoms. The molecule has 1 aromatic heterocycles. The summed E-state index contributed by atoms with van der Waals surface area (Å²) in [7, 11) is 3.75. The summed E-state index contributed by atoms with van der Waals surface area (Å²) in [5.74, 6) is -1.36. The lowest BCUT2D eigenvalue weighted by Crippen LogP contribution is -2.37. The van der Waals surface area contributed by atoms with Crippen LogP contribution in [0.25, 0.3) is 0 Å². The third-order valence-corrected chi connectivity index (χ3v) is 4.75. The number of H-pyrrole nitrogens is 1. The number of nitrogens with zero attached hydrogens (tertiary/aromatic N) is 3. The van der Waals surface area contributed by atoms with Crippen molar-refractivity contribution in [3.8, 4) is 5.75 Å².